The fourth-order valence-corrected chi connectivity index (χ4v) is 9.45. The third-order valence-electron chi connectivity index (χ3n) is 11.9. The van der Waals surface area contributed by atoms with Gasteiger partial charge in [-0.15, -0.1) is 0 Å². The second-order valence-corrected chi connectivity index (χ2v) is 15.0. The summed E-state index contributed by atoms with van der Waals surface area (Å²) in [5.74, 6) is 1.44. The van der Waals surface area contributed by atoms with Crippen molar-refractivity contribution < 1.29 is 0 Å². The van der Waals surface area contributed by atoms with Crippen LogP contribution in [0.2, 0.25) is 0 Å². The van der Waals surface area contributed by atoms with Crippen LogP contribution in [-0.4, -0.2) is 24.5 Å². The molecule has 7 aromatic carbocycles. The van der Waals surface area contributed by atoms with E-state index in [0.29, 0.717) is 5.82 Å². The highest BCUT2D eigenvalue weighted by Gasteiger charge is 2.46. The third-order valence-corrected chi connectivity index (χ3v) is 11.9. The lowest BCUT2D eigenvalue weighted by atomic mass is 9.67. The van der Waals surface area contributed by atoms with Crippen molar-refractivity contribution >= 4 is 43.7 Å². The average molecular weight is 740 g/mol. The normalized spacial score (nSPS) is 13.0. The summed E-state index contributed by atoms with van der Waals surface area (Å²) in [6.07, 6.45) is 1.85. The molecule has 0 N–H and O–H groups in total. The van der Waals surface area contributed by atoms with Crippen LogP contribution in [0.1, 0.15) is 22.3 Å². The van der Waals surface area contributed by atoms with Gasteiger partial charge in [0.2, 0.25) is 0 Å². The number of hydrogen-bond donors (Lipinski definition) is 0. The lowest BCUT2D eigenvalue weighted by Gasteiger charge is -2.34. The van der Waals surface area contributed by atoms with Crippen LogP contribution in [0.5, 0.6) is 0 Å². The fourth-order valence-electron chi connectivity index (χ4n) is 9.45. The van der Waals surface area contributed by atoms with E-state index in [4.69, 9.17) is 19.9 Å². The number of pyridine rings is 2. The Balaban J connectivity index is 1.15. The maximum absolute atomic E-state index is 5.44. The Hall–Kier alpha value is -7.76. The van der Waals surface area contributed by atoms with Gasteiger partial charge in [0.1, 0.15) is 17.0 Å². The molecule has 1 aliphatic carbocycles. The van der Waals surface area contributed by atoms with Gasteiger partial charge in [-0.3, -0.25) is 4.57 Å². The van der Waals surface area contributed by atoms with Crippen LogP contribution >= 0.6 is 0 Å². The number of benzene rings is 7. The highest BCUT2D eigenvalue weighted by molar-refractivity contribution is 6.10. The van der Waals surface area contributed by atoms with Gasteiger partial charge in [-0.2, -0.15) is 0 Å². The molecule has 0 atom stereocenters. The zero-order valence-corrected chi connectivity index (χ0v) is 31.3. The minimum absolute atomic E-state index is 0.533. The summed E-state index contributed by atoms with van der Waals surface area (Å²) in [7, 11) is 0. The lowest BCUT2D eigenvalue weighted by Crippen LogP contribution is -2.28. The Kier molecular flexibility index (Phi) is 7.07. The predicted octanol–water partition coefficient (Wildman–Crippen LogP) is 12.4. The first-order chi connectivity index (χ1) is 28.8. The summed E-state index contributed by atoms with van der Waals surface area (Å²) in [4.78, 5) is 21.0. The van der Waals surface area contributed by atoms with Gasteiger partial charge in [-0.05, 0) is 75.8 Å². The van der Waals surface area contributed by atoms with Crippen LogP contribution < -0.4 is 0 Å². The summed E-state index contributed by atoms with van der Waals surface area (Å²) in [6, 6.07) is 69.0. The van der Waals surface area contributed by atoms with Gasteiger partial charge in [-0.25, -0.2) is 19.9 Å². The monoisotopic (exact) mass is 739 g/mol. The maximum atomic E-state index is 5.44. The summed E-state index contributed by atoms with van der Waals surface area (Å²) < 4.78 is 2.16. The van der Waals surface area contributed by atoms with E-state index >= 15 is 0 Å². The molecule has 5 nitrogen and oxygen atoms in total. The predicted molar refractivity (Wildman–Crippen MR) is 235 cm³/mol. The molecule has 0 saturated carbocycles. The van der Waals surface area contributed by atoms with Crippen LogP contribution in [0.25, 0.3) is 83.3 Å². The first-order valence-corrected chi connectivity index (χ1v) is 19.6. The van der Waals surface area contributed by atoms with Gasteiger partial charge in [-0.1, -0.05) is 152 Å². The molecule has 12 rings (SSSR count). The molecule has 0 aliphatic heterocycles. The van der Waals surface area contributed by atoms with Gasteiger partial charge < -0.3 is 0 Å². The Labute approximate surface area is 334 Å². The van der Waals surface area contributed by atoms with Crippen LogP contribution in [0.3, 0.4) is 0 Å². The Morgan fingerprint density at radius 3 is 1.91 bits per heavy atom. The van der Waals surface area contributed by atoms with E-state index in [1.807, 2.05) is 30.5 Å². The maximum Gasteiger partial charge on any atom is 0.160 e. The Morgan fingerprint density at radius 2 is 1.10 bits per heavy atom. The molecule has 0 amide bonds. The van der Waals surface area contributed by atoms with E-state index in [1.54, 1.807) is 0 Å². The minimum atomic E-state index is -0.533. The second-order valence-electron chi connectivity index (χ2n) is 15.0. The van der Waals surface area contributed by atoms with Crippen molar-refractivity contribution in [2.75, 3.05) is 0 Å². The van der Waals surface area contributed by atoms with Crippen molar-refractivity contribution in [1.29, 1.82) is 0 Å². The van der Waals surface area contributed by atoms with Crippen molar-refractivity contribution in [3.05, 3.63) is 223 Å². The summed E-state index contributed by atoms with van der Waals surface area (Å²) in [6.45, 7) is 0. The molecule has 0 bridgehead atoms. The summed E-state index contributed by atoms with van der Waals surface area (Å²) >= 11 is 0. The van der Waals surface area contributed by atoms with Gasteiger partial charge in [0.15, 0.2) is 5.82 Å². The number of hydrogen-bond acceptors (Lipinski definition) is 4. The van der Waals surface area contributed by atoms with Gasteiger partial charge in [0, 0.05) is 38.9 Å². The molecule has 4 heterocycles. The Bertz CT molecular complexity index is 3300. The zero-order valence-electron chi connectivity index (χ0n) is 31.3. The summed E-state index contributed by atoms with van der Waals surface area (Å²) in [5, 5.41) is 4.18. The topological polar surface area (TPSA) is 56.5 Å². The molecular weight excluding hydrogens is 707 g/mol. The van der Waals surface area contributed by atoms with Crippen LogP contribution in [-0.2, 0) is 5.41 Å². The van der Waals surface area contributed by atoms with E-state index in [9.17, 15) is 0 Å². The highest BCUT2D eigenvalue weighted by Crippen LogP contribution is 2.56. The van der Waals surface area contributed by atoms with Crippen LogP contribution in [0.4, 0.5) is 0 Å². The molecule has 270 valence electrons. The standard InChI is InChI=1S/C53H33N5/c1-4-15-35(16-5-1)51-56-48(36-27-29-40-39-21-10-12-24-44(39)53(45(40)33-36,37-17-6-2-7-18-37)38-19-8-3-9-20-38)43-30-26-34-28-31-47(55-49(34)50(43)57-51)58-46-25-13-11-22-41(46)42-23-14-32-54-52(42)58/h1-33H. The average Bonchev–Trinajstić information content (AvgIpc) is 3.80. The third kappa shape index (κ3) is 4.64. The molecule has 5 heteroatoms. The zero-order chi connectivity index (χ0) is 38.2. The van der Waals surface area contributed by atoms with Gasteiger partial charge in [0.05, 0.1) is 22.1 Å². The molecular formula is C53H33N5. The van der Waals surface area contributed by atoms with Crippen LogP contribution in [0, 0.1) is 0 Å². The molecule has 0 saturated heterocycles. The molecule has 4 aromatic heterocycles. The SMILES string of the molecule is c1ccc(-c2nc(-c3ccc4c(c3)C(c3ccccc3)(c3ccccc3)c3ccccc3-4)c3ccc4ccc(-n5c6ccccc6c6cccnc65)nc4c3n2)cc1. The van der Waals surface area contributed by atoms with Gasteiger partial charge >= 0.3 is 0 Å². The first kappa shape index (κ1) is 32.5. The summed E-state index contributed by atoms with van der Waals surface area (Å²) in [5.41, 5.74) is 13.3. The Morgan fingerprint density at radius 1 is 0.431 bits per heavy atom. The van der Waals surface area contributed by atoms with E-state index in [1.165, 1.54) is 33.4 Å². The van der Waals surface area contributed by atoms with E-state index in [2.05, 4.69) is 174 Å². The van der Waals surface area contributed by atoms with Crippen molar-refractivity contribution in [1.82, 2.24) is 24.5 Å². The number of aromatic nitrogens is 5. The smallest absolute Gasteiger partial charge is 0.160 e. The number of nitrogens with zero attached hydrogens (tertiary/aromatic N) is 5. The van der Waals surface area contributed by atoms with Crippen LogP contribution in [0.15, 0.2) is 200 Å². The van der Waals surface area contributed by atoms with E-state index in [-0.39, 0.29) is 0 Å². The molecule has 58 heavy (non-hydrogen) atoms. The number of rotatable bonds is 5. The number of fused-ring (bicyclic) bond motifs is 9. The minimum Gasteiger partial charge on any atom is -0.278 e. The first-order valence-electron chi connectivity index (χ1n) is 19.6. The molecule has 0 spiro atoms. The van der Waals surface area contributed by atoms with Crippen molar-refractivity contribution in [2.45, 2.75) is 5.41 Å². The second kappa shape index (κ2) is 12.6. The molecule has 0 fully saturated rings. The van der Waals surface area contributed by atoms with E-state index in [0.717, 1.165) is 66.4 Å². The van der Waals surface area contributed by atoms with Crippen molar-refractivity contribution in [3.8, 4) is 39.6 Å². The van der Waals surface area contributed by atoms with E-state index < -0.39 is 5.41 Å². The quantitative estimate of drug-likeness (QED) is 0.165. The molecule has 0 radical (unpaired) electrons. The molecule has 1 aliphatic rings. The van der Waals surface area contributed by atoms with Crippen molar-refractivity contribution in [2.24, 2.45) is 0 Å². The fraction of sp³-hybridized carbons (Fsp3) is 0.0189. The number of para-hydroxylation sites is 1. The molecule has 0 unspecified atom stereocenters. The lowest BCUT2D eigenvalue weighted by molar-refractivity contribution is 0.768. The molecule has 11 aromatic rings. The highest BCUT2D eigenvalue weighted by atomic mass is 15.1. The van der Waals surface area contributed by atoms with Crippen molar-refractivity contribution in [3.63, 3.8) is 0 Å². The van der Waals surface area contributed by atoms with Gasteiger partial charge in [0.25, 0.3) is 0 Å². The largest absolute Gasteiger partial charge is 0.278 e.